The normalized spacial score (nSPS) is 12.3. The zero-order valence-corrected chi connectivity index (χ0v) is 18.7. The summed E-state index contributed by atoms with van der Waals surface area (Å²) in [5.41, 5.74) is 0.889. The Kier molecular flexibility index (Phi) is 6.19. The fraction of sp³-hybridized carbons (Fsp3) is 0.333. The zero-order chi connectivity index (χ0) is 22.8. The van der Waals surface area contributed by atoms with Crippen LogP contribution >= 0.6 is 11.8 Å². The highest BCUT2D eigenvalue weighted by Gasteiger charge is 2.19. The number of nitrogens with one attached hydrogen (secondary N) is 1. The maximum Gasteiger partial charge on any atom is 0.332 e. The van der Waals surface area contributed by atoms with Gasteiger partial charge in [0.15, 0.2) is 11.5 Å². The predicted molar refractivity (Wildman–Crippen MR) is 118 cm³/mol. The summed E-state index contributed by atoms with van der Waals surface area (Å²) in [5, 5.41) is 3.15. The van der Waals surface area contributed by atoms with Gasteiger partial charge in [-0.15, -0.1) is 11.8 Å². The second-order valence-electron chi connectivity index (χ2n) is 7.20. The first-order valence-corrected chi connectivity index (χ1v) is 10.7. The molecule has 168 valence electrons. The fourth-order valence-electron chi connectivity index (χ4n) is 3.41. The number of aromatic nitrogens is 3. The number of ether oxygens (including phenoxy) is 3. The van der Waals surface area contributed by atoms with E-state index in [4.69, 9.17) is 14.2 Å². The number of thioether (sulfide) groups is 1. The number of aryl methyl sites for hydroxylation is 1. The molecule has 1 N–H and O–H groups in total. The minimum atomic E-state index is -0.466. The summed E-state index contributed by atoms with van der Waals surface area (Å²) >= 11 is 1.21. The van der Waals surface area contributed by atoms with Crippen molar-refractivity contribution in [2.45, 2.75) is 18.0 Å². The van der Waals surface area contributed by atoms with Crippen molar-refractivity contribution in [3.05, 3.63) is 56.4 Å². The van der Waals surface area contributed by atoms with Gasteiger partial charge in [-0.3, -0.25) is 18.7 Å². The Morgan fingerprint density at radius 2 is 2.00 bits per heavy atom. The molecular weight excluding hydrogens is 436 g/mol. The number of hydrogen-bond donors (Lipinski definition) is 1. The van der Waals surface area contributed by atoms with Gasteiger partial charge in [-0.1, -0.05) is 6.07 Å². The van der Waals surface area contributed by atoms with E-state index in [-0.39, 0.29) is 36.1 Å². The van der Waals surface area contributed by atoms with Gasteiger partial charge in [0.1, 0.15) is 5.65 Å². The van der Waals surface area contributed by atoms with Gasteiger partial charge in [0, 0.05) is 44.4 Å². The van der Waals surface area contributed by atoms with Crippen LogP contribution in [0.25, 0.3) is 11.0 Å². The van der Waals surface area contributed by atoms with Gasteiger partial charge in [-0.25, -0.2) is 9.78 Å². The molecular formula is C21H22N4O6S. The SMILES string of the molecule is COCc1cnc2c(c1SCC(=O)NCc1ccc3c(c1)OCO3)c(=O)n(C)c(=O)n2C. The number of carbonyl (C=O) groups excluding carboxylic acids is 1. The molecule has 2 aromatic heterocycles. The maximum atomic E-state index is 12.9. The summed E-state index contributed by atoms with van der Waals surface area (Å²) in [6.45, 7) is 0.737. The number of benzene rings is 1. The number of nitrogens with zero attached hydrogens (tertiary/aromatic N) is 3. The van der Waals surface area contributed by atoms with Crippen molar-refractivity contribution in [2.24, 2.45) is 14.1 Å². The molecule has 0 aliphatic carbocycles. The molecule has 4 rings (SSSR count). The monoisotopic (exact) mass is 458 g/mol. The van der Waals surface area contributed by atoms with Crippen LogP contribution in [0.1, 0.15) is 11.1 Å². The Bertz CT molecular complexity index is 1320. The lowest BCUT2D eigenvalue weighted by atomic mass is 10.2. The Morgan fingerprint density at radius 3 is 2.78 bits per heavy atom. The van der Waals surface area contributed by atoms with Crippen molar-refractivity contribution in [3.63, 3.8) is 0 Å². The minimum absolute atomic E-state index is 0.0758. The van der Waals surface area contributed by atoms with E-state index < -0.39 is 11.2 Å². The summed E-state index contributed by atoms with van der Waals surface area (Å²) in [7, 11) is 4.51. The Labute approximate surface area is 187 Å². The lowest BCUT2D eigenvalue weighted by Crippen LogP contribution is -2.37. The molecule has 1 aliphatic rings. The molecule has 32 heavy (non-hydrogen) atoms. The first-order chi connectivity index (χ1) is 15.4. The molecule has 0 unspecified atom stereocenters. The van der Waals surface area contributed by atoms with Gasteiger partial charge in [-0.2, -0.15) is 0 Å². The second-order valence-corrected chi connectivity index (χ2v) is 8.19. The molecule has 10 nitrogen and oxygen atoms in total. The number of hydrogen-bond acceptors (Lipinski definition) is 8. The van der Waals surface area contributed by atoms with Crippen LogP contribution in [-0.4, -0.2) is 39.7 Å². The molecule has 0 atom stereocenters. The highest BCUT2D eigenvalue weighted by Crippen LogP contribution is 2.32. The summed E-state index contributed by atoms with van der Waals surface area (Å²) in [6, 6.07) is 5.49. The van der Waals surface area contributed by atoms with Crippen molar-refractivity contribution in [3.8, 4) is 11.5 Å². The maximum absolute atomic E-state index is 12.9. The third kappa shape index (κ3) is 4.08. The third-order valence-electron chi connectivity index (χ3n) is 5.07. The molecule has 0 bridgehead atoms. The summed E-state index contributed by atoms with van der Waals surface area (Å²) in [4.78, 5) is 42.5. The lowest BCUT2D eigenvalue weighted by Gasteiger charge is -2.14. The number of fused-ring (bicyclic) bond motifs is 2. The number of methoxy groups -OCH3 is 1. The first-order valence-electron chi connectivity index (χ1n) is 9.75. The van der Waals surface area contributed by atoms with Gasteiger partial charge >= 0.3 is 5.69 Å². The van der Waals surface area contributed by atoms with E-state index >= 15 is 0 Å². The molecule has 3 heterocycles. The molecule has 0 spiro atoms. The van der Waals surface area contributed by atoms with Crippen LogP contribution in [-0.2, 0) is 36.8 Å². The molecule has 0 fully saturated rings. The lowest BCUT2D eigenvalue weighted by molar-refractivity contribution is -0.118. The van der Waals surface area contributed by atoms with E-state index in [2.05, 4.69) is 10.3 Å². The highest BCUT2D eigenvalue weighted by molar-refractivity contribution is 8.00. The van der Waals surface area contributed by atoms with Crippen LogP contribution in [0.4, 0.5) is 0 Å². The van der Waals surface area contributed by atoms with Crippen molar-refractivity contribution < 1.29 is 19.0 Å². The standard InChI is InChI=1S/C21H22N4O6S/c1-24-19-17(20(27)25(2)21(24)28)18(13(8-23-19)9-29-3)32-10-16(26)22-7-12-4-5-14-15(6-12)31-11-30-14/h4-6,8H,7,9-11H2,1-3H3,(H,22,26). The second kappa shape index (κ2) is 9.05. The number of amides is 1. The molecule has 1 aromatic carbocycles. The molecule has 11 heteroatoms. The van der Waals surface area contributed by atoms with Gasteiger partial charge in [0.2, 0.25) is 12.7 Å². The van der Waals surface area contributed by atoms with Crippen molar-refractivity contribution in [1.29, 1.82) is 0 Å². The van der Waals surface area contributed by atoms with Crippen LogP contribution in [0, 0.1) is 0 Å². The number of carbonyl (C=O) groups is 1. The predicted octanol–water partition coefficient (Wildman–Crippen LogP) is 0.916. The zero-order valence-electron chi connectivity index (χ0n) is 17.8. The summed E-state index contributed by atoms with van der Waals surface area (Å²) in [6.07, 6.45) is 1.57. The van der Waals surface area contributed by atoms with E-state index in [9.17, 15) is 14.4 Å². The largest absolute Gasteiger partial charge is 0.454 e. The van der Waals surface area contributed by atoms with Gasteiger partial charge in [-0.05, 0) is 17.7 Å². The average Bonchev–Trinajstić information content (AvgIpc) is 3.27. The van der Waals surface area contributed by atoms with Crippen LogP contribution in [0.5, 0.6) is 11.5 Å². The summed E-state index contributed by atoms with van der Waals surface area (Å²) in [5.74, 6) is 1.20. The van der Waals surface area contributed by atoms with E-state index in [1.165, 1.54) is 30.5 Å². The molecule has 1 aliphatic heterocycles. The Morgan fingerprint density at radius 1 is 1.22 bits per heavy atom. The van der Waals surface area contributed by atoms with E-state index in [0.717, 1.165) is 10.1 Å². The minimum Gasteiger partial charge on any atom is -0.454 e. The van der Waals surface area contributed by atoms with Crippen molar-refractivity contribution in [1.82, 2.24) is 19.4 Å². The van der Waals surface area contributed by atoms with Crippen molar-refractivity contribution in [2.75, 3.05) is 19.7 Å². The molecule has 3 aromatic rings. The van der Waals surface area contributed by atoms with Gasteiger partial charge in [0.05, 0.1) is 17.7 Å². The third-order valence-corrected chi connectivity index (χ3v) is 6.23. The highest BCUT2D eigenvalue weighted by atomic mass is 32.2. The molecule has 0 saturated carbocycles. The van der Waals surface area contributed by atoms with E-state index in [1.807, 2.05) is 12.1 Å². The van der Waals surface area contributed by atoms with Crippen LogP contribution in [0.3, 0.4) is 0 Å². The van der Waals surface area contributed by atoms with E-state index in [1.54, 1.807) is 19.3 Å². The number of rotatable bonds is 7. The quantitative estimate of drug-likeness (QED) is 0.520. The van der Waals surface area contributed by atoms with Crippen molar-refractivity contribution >= 4 is 28.7 Å². The smallest absolute Gasteiger partial charge is 0.332 e. The van der Waals surface area contributed by atoms with Gasteiger partial charge in [0.25, 0.3) is 5.56 Å². The molecule has 0 saturated heterocycles. The average molecular weight is 458 g/mol. The molecule has 0 radical (unpaired) electrons. The summed E-state index contributed by atoms with van der Waals surface area (Å²) < 4.78 is 18.2. The Balaban J connectivity index is 1.55. The topological polar surface area (TPSA) is 114 Å². The Hall–Kier alpha value is -3.31. The van der Waals surface area contributed by atoms with Crippen LogP contribution in [0.15, 0.2) is 38.9 Å². The number of pyridine rings is 1. The first kappa shape index (κ1) is 21.9. The van der Waals surface area contributed by atoms with E-state index in [0.29, 0.717) is 28.5 Å². The molecule has 1 amide bonds. The fourth-order valence-corrected chi connectivity index (χ4v) is 4.40. The van der Waals surface area contributed by atoms with Crippen LogP contribution in [0.2, 0.25) is 0 Å². The van der Waals surface area contributed by atoms with Crippen LogP contribution < -0.4 is 26.0 Å². The van der Waals surface area contributed by atoms with Gasteiger partial charge < -0.3 is 19.5 Å².